The first-order valence-corrected chi connectivity index (χ1v) is 8.28. The van der Waals surface area contributed by atoms with Crippen LogP contribution < -0.4 is 10.6 Å². The third-order valence-electron chi connectivity index (χ3n) is 3.03. The SMILES string of the molecule is CCNC(=O)C(C)OC(=O)c1sc(NC(=O)C(C)(C)C)cc1C. The molecule has 1 aromatic rings. The van der Waals surface area contributed by atoms with Crippen LogP contribution in [-0.4, -0.2) is 30.4 Å². The van der Waals surface area contributed by atoms with E-state index in [4.69, 9.17) is 4.74 Å². The third-order valence-corrected chi connectivity index (χ3v) is 4.16. The van der Waals surface area contributed by atoms with Gasteiger partial charge < -0.3 is 15.4 Å². The third kappa shape index (κ3) is 5.35. The standard InChI is InChI=1S/C16H24N2O4S/c1-7-17-13(19)10(3)22-14(20)12-9(2)8-11(23-12)18-15(21)16(4,5)6/h8,10H,7H2,1-6H3,(H,17,19)(H,18,21). The normalized spacial score (nSPS) is 12.4. The highest BCUT2D eigenvalue weighted by Crippen LogP contribution is 2.29. The highest BCUT2D eigenvalue weighted by Gasteiger charge is 2.24. The number of esters is 1. The first-order valence-electron chi connectivity index (χ1n) is 7.46. The van der Waals surface area contributed by atoms with Crippen molar-refractivity contribution in [2.24, 2.45) is 5.41 Å². The molecule has 0 aliphatic carbocycles. The second-order valence-corrected chi connectivity index (χ2v) is 7.32. The van der Waals surface area contributed by atoms with Gasteiger partial charge in [-0.05, 0) is 32.4 Å². The van der Waals surface area contributed by atoms with Crippen molar-refractivity contribution in [1.29, 1.82) is 0 Å². The number of carbonyl (C=O) groups is 3. The van der Waals surface area contributed by atoms with Crippen molar-refractivity contribution in [3.63, 3.8) is 0 Å². The zero-order chi connectivity index (χ0) is 17.8. The van der Waals surface area contributed by atoms with Gasteiger partial charge in [-0.25, -0.2) is 4.79 Å². The minimum absolute atomic E-state index is 0.130. The molecule has 0 fully saturated rings. The molecule has 128 valence electrons. The molecule has 0 aromatic carbocycles. The van der Waals surface area contributed by atoms with E-state index in [9.17, 15) is 14.4 Å². The summed E-state index contributed by atoms with van der Waals surface area (Å²) in [7, 11) is 0. The molecule has 1 rings (SSSR count). The largest absolute Gasteiger partial charge is 0.448 e. The molecule has 1 heterocycles. The van der Waals surface area contributed by atoms with Crippen LogP contribution in [0.5, 0.6) is 0 Å². The second-order valence-electron chi connectivity index (χ2n) is 6.27. The molecule has 0 radical (unpaired) electrons. The maximum atomic E-state index is 12.2. The van der Waals surface area contributed by atoms with Crippen LogP contribution in [0.15, 0.2) is 6.07 Å². The number of amides is 2. The molecule has 0 aliphatic rings. The van der Waals surface area contributed by atoms with Crippen molar-refractivity contribution in [2.45, 2.75) is 47.6 Å². The predicted octanol–water partition coefficient (Wildman–Crippen LogP) is 2.72. The highest BCUT2D eigenvalue weighted by molar-refractivity contribution is 7.18. The van der Waals surface area contributed by atoms with E-state index in [1.807, 2.05) is 20.8 Å². The summed E-state index contributed by atoms with van der Waals surface area (Å²) < 4.78 is 5.16. The van der Waals surface area contributed by atoms with E-state index < -0.39 is 17.5 Å². The maximum absolute atomic E-state index is 12.2. The van der Waals surface area contributed by atoms with Crippen LogP contribution in [0.3, 0.4) is 0 Å². The van der Waals surface area contributed by atoms with Crippen LogP contribution in [0, 0.1) is 12.3 Å². The average Bonchev–Trinajstić information content (AvgIpc) is 2.78. The summed E-state index contributed by atoms with van der Waals surface area (Å²) in [5.41, 5.74) is 0.179. The fourth-order valence-corrected chi connectivity index (χ4v) is 2.58. The van der Waals surface area contributed by atoms with Gasteiger partial charge in [0.1, 0.15) is 4.88 Å². The van der Waals surface area contributed by atoms with Gasteiger partial charge in [-0.15, -0.1) is 11.3 Å². The van der Waals surface area contributed by atoms with Gasteiger partial charge >= 0.3 is 5.97 Å². The maximum Gasteiger partial charge on any atom is 0.349 e. The van der Waals surface area contributed by atoms with Gasteiger partial charge in [0.15, 0.2) is 6.10 Å². The van der Waals surface area contributed by atoms with Crippen LogP contribution in [0.2, 0.25) is 0 Å². The van der Waals surface area contributed by atoms with Gasteiger partial charge in [0.2, 0.25) is 5.91 Å². The minimum atomic E-state index is -0.864. The number of carbonyl (C=O) groups excluding carboxylic acids is 3. The fraction of sp³-hybridized carbons (Fsp3) is 0.562. The summed E-state index contributed by atoms with van der Waals surface area (Å²) >= 11 is 1.14. The quantitative estimate of drug-likeness (QED) is 0.807. The van der Waals surface area contributed by atoms with Crippen molar-refractivity contribution < 1.29 is 19.1 Å². The smallest absolute Gasteiger partial charge is 0.349 e. The van der Waals surface area contributed by atoms with Crippen molar-refractivity contribution in [1.82, 2.24) is 5.32 Å². The van der Waals surface area contributed by atoms with E-state index in [2.05, 4.69) is 10.6 Å². The average molecular weight is 340 g/mol. The summed E-state index contributed by atoms with van der Waals surface area (Å²) in [5.74, 6) is -1.03. The molecule has 0 aliphatic heterocycles. The number of hydrogen-bond donors (Lipinski definition) is 2. The molecule has 23 heavy (non-hydrogen) atoms. The molecule has 7 heteroatoms. The molecular formula is C16H24N2O4S. The van der Waals surface area contributed by atoms with Crippen LogP contribution in [0.1, 0.15) is 49.9 Å². The molecule has 0 saturated carbocycles. The number of hydrogen-bond acceptors (Lipinski definition) is 5. The number of thiophene rings is 1. The van der Waals surface area contributed by atoms with E-state index in [1.165, 1.54) is 6.92 Å². The lowest BCUT2D eigenvalue weighted by atomic mass is 9.96. The van der Waals surface area contributed by atoms with Crippen molar-refractivity contribution in [3.05, 3.63) is 16.5 Å². The topological polar surface area (TPSA) is 84.5 Å². The van der Waals surface area contributed by atoms with Gasteiger partial charge in [0.05, 0.1) is 5.00 Å². The number of anilines is 1. The summed E-state index contributed by atoms with van der Waals surface area (Å²) in [6.45, 7) is 11.0. The molecule has 1 aromatic heterocycles. The number of aryl methyl sites for hydroxylation is 1. The monoisotopic (exact) mass is 340 g/mol. The van der Waals surface area contributed by atoms with Crippen molar-refractivity contribution >= 4 is 34.1 Å². The van der Waals surface area contributed by atoms with Crippen LogP contribution in [-0.2, 0) is 14.3 Å². The summed E-state index contributed by atoms with van der Waals surface area (Å²) in [6.07, 6.45) is -0.864. The predicted molar refractivity (Wildman–Crippen MR) is 90.7 cm³/mol. The molecule has 2 amide bonds. The van der Waals surface area contributed by atoms with Gasteiger partial charge in [-0.3, -0.25) is 9.59 Å². The van der Waals surface area contributed by atoms with E-state index >= 15 is 0 Å². The first-order chi connectivity index (χ1) is 10.6. The van der Waals surface area contributed by atoms with Crippen LogP contribution in [0.4, 0.5) is 5.00 Å². The Kier molecular flexibility index (Phi) is 6.32. The van der Waals surface area contributed by atoms with Crippen molar-refractivity contribution in [3.8, 4) is 0 Å². The molecule has 0 saturated heterocycles. The number of ether oxygens (including phenoxy) is 1. The van der Waals surface area contributed by atoms with E-state index in [1.54, 1.807) is 19.9 Å². The van der Waals surface area contributed by atoms with Crippen LogP contribution in [0.25, 0.3) is 0 Å². The Morgan fingerprint density at radius 3 is 2.43 bits per heavy atom. The van der Waals surface area contributed by atoms with Gasteiger partial charge in [-0.1, -0.05) is 20.8 Å². The minimum Gasteiger partial charge on any atom is -0.448 e. The Morgan fingerprint density at radius 2 is 1.91 bits per heavy atom. The zero-order valence-electron chi connectivity index (χ0n) is 14.4. The second kappa shape index (κ2) is 7.59. The molecule has 6 nitrogen and oxygen atoms in total. The number of nitrogens with one attached hydrogen (secondary N) is 2. The Bertz CT molecular complexity index is 602. The lowest BCUT2D eigenvalue weighted by molar-refractivity contribution is -0.129. The molecular weight excluding hydrogens is 316 g/mol. The fourth-order valence-electron chi connectivity index (χ4n) is 1.63. The Labute approximate surface area is 140 Å². The molecule has 2 N–H and O–H groups in total. The van der Waals surface area contributed by atoms with Gasteiger partial charge in [0, 0.05) is 12.0 Å². The molecule has 1 atom stereocenters. The Morgan fingerprint density at radius 1 is 1.30 bits per heavy atom. The highest BCUT2D eigenvalue weighted by atomic mass is 32.1. The van der Waals surface area contributed by atoms with E-state index in [0.29, 0.717) is 22.0 Å². The molecule has 0 bridgehead atoms. The zero-order valence-corrected chi connectivity index (χ0v) is 15.2. The van der Waals surface area contributed by atoms with E-state index in [-0.39, 0.29) is 11.8 Å². The summed E-state index contributed by atoms with van der Waals surface area (Å²) in [6, 6.07) is 1.72. The molecule has 0 spiro atoms. The summed E-state index contributed by atoms with van der Waals surface area (Å²) in [4.78, 5) is 36.2. The molecule has 1 unspecified atom stereocenters. The summed E-state index contributed by atoms with van der Waals surface area (Å²) in [5, 5.41) is 5.97. The van der Waals surface area contributed by atoms with Gasteiger partial charge in [-0.2, -0.15) is 0 Å². The number of likely N-dealkylation sites (N-methyl/N-ethyl adjacent to an activating group) is 1. The Hall–Kier alpha value is -1.89. The lowest BCUT2D eigenvalue weighted by Crippen LogP contribution is -2.35. The van der Waals surface area contributed by atoms with Crippen molar-refractivity contribution in [2.75, 3.05) is 11.9 Å². The van der Waals surface area contributed by atoms with Crippen LogP contribution >= 0.6 is 11.3 Å². The lowest BCUT2D eigenvalue weighted by Gasteiger charge is -2.16. The number of rotatable bonds is 5. The van der Waals surface area contributed by atoms with Gasteiger partial charge in [0.25, 0.3) is 5.91 Å². The first kappa shape index (κ1) is 19.2. The Balaban J connectivity index is 2.80. The van der Waals surface area contributed by atoms with E-state index in [0.717, 1.165) is 11.3 Å².